The number of hydrogen-bond acceptors (Lipinski definition) is 2. The summed E-state index contributed by atoms with van der Waals surface area (Å²) >= 11 is 0. The van der Waals surface area contributed by atoms with E-state index in [0.717, 1.165) is 18.5 Å². The van der Waals surface area contributed by atoms with Gasteiger partial charge < -0.3 is 5.11 Å². The molecule has 2 aromatic carbocycles. The Kier molecular flexibility index (Phi) is 3.36. The zero-order chi connectivity index (χ0) is 14.2. The van der Waals surface area contributed by atoms with E-state index in [1.54, 1.807) is 0 Å². The van der Waals surface area contributed by atoms with Gasteiger partial charge in [0.15, 0.2) is 0 Å². The van der Waals surface area contributed by atoms with Crippen LogP contribution in [0.5, 0.6) is 0 Å². The van der Waals surface area contributed by atoms with Crippen LogP contribution in [-0.4, -0.2) is 17.1 Å². The van der Waals surface area contributed by atoms with Crippen LogP contribution in [0.4, 0.5) is 0 Å². The highest BCUT2D eigenvalue weighted by molar-refractivity contribution is 5.39. The van der Waals surface area contributed by atoms with Gasteiger partial charge in [-0.25, -0.2) is 0 Å². The van der Waals surface area contributed by atoms with Gasteiger partial charge in [-0.15, -0.1) is 0 Å². The number of rotatable bonds is 3. The smallest absolute Gasteiger partial charge is 0.0890 e. The maximum Gasteiger partial charge on any atom is 0.0890 e. The Hall–Kier alpha value is -1.64. The minimum atomic E-state index is -0.716. The van der Waals surface area contributed by atoms with Crippen molar-refractivity contribution in [2.75, 3.05) is 7.05 Å². The predicted molar refractivity (Wildman–Crippen MR) is 81.3 cm³/mol. The van der Waals surface area contributed by atoms with Crippen LogP contribution in [0.1, 0.15) is 36.1 Å². The third-order valence-corrected chi connectivity index (χ3v) is 4.30. The molecular formula is C18H21NO. The molecule has 2 nitrogen and oxygen atoms in total. The second-order valence-corrected chi connectivity index (χ2v) is 5.98. The lowest BCUT2D eigenvalue weighted by molar-refractivity contribution is 0.0365. The summed E-state index contributed by atoms with van der Waals surface area (Å²) in [5.74, 6) is 0. The van der Waals surface area contributed by atoms with E-state index in [1.165, 1.54) is 11.1 Å². The quantitative estimate of drug-likeness (QED) is 0.920. The molecule has 0 radical (unpaired) electrons. The van der Waals surface area contributed by atoms with Crippen molar-refractivity contribution in [1.29, 1.82) is 0 Å². The van der Waals surface area contributed by atoms with E-state index in [0.29, 0.717) is 0 Å². The van der Waals surface area contributed by atoms with Gasteiger partial charge in [0.05, 0.1) is 5.60 Å². The van der Waals surface area contributed by atoms with Crippen LogP contribution >= 0.6 is 0 Å². The van der Waals surface area contributed by atoms with Crippen LogP contribution in [0, 0.1) is 0 Å². The van der Waals surface area contributed by atoms with Gasteiger partial charge in [-0.05, 0) is 37.1 Å². The van der Waals surface area contributed by atoms with Gasteiger partial charge in [0.25, 0.3) is 0 Å². The average molecular weight is 267 g/mol. The molecule has 2 aromatic rings. The Morgan fingerprint density at radius 3 is 2.50 bits per heavy atom. The maximum absolute atomic E-state index is 10.6. The van der Waals surface area contributed by atoms with Gasteiger partial charge in [0.1, 0.15) is 0 Å². The van der Waals surface area contributed by atoms with E-state index in [1.807, 2.05) is 25.1 Å². The molecule has 0 spiro atoms. The van der Waals surface area contributed by atoms with Gasteiger partial charge in [-0.1, -0.05) is 54.6 Å². The molecule has 20 heavy (non-hydrogen) atoms. The molecule has 1 aliphatic carbocycles. The van der Waals surface area contributed by atoms with Gasteiger partial charge in [-0.3, -0.25) is 4.90 Å². The fourth-order valence-corrected chi connectivity index (χ4v) is 3.25. The first kappa shape index (κ1) is 13.3. The number of benzene rings is 2. The molecule has 0 fully saturated rings. The van der Waals surface area contributed by atoms with E-state index in [2.05, 4.69) is 48.3 Å². The van der Waals surface area contributed by atoms with E-state index in [4.69, 9.17) is 0 Å². The molecule has 104 valence electrons. The van der Waals surface area contributed by atoms with Crippen molar-refractivity contribution in [2.24, 2.45) is 0 Å². The first-order valence-electron chi connectivity index (χ1n) is 7.14. The molecule has 0 aromatic heterocycles. The minimum Gasteiger partial charge on any atom is -0.385 e. The maximum atomic E-state index is 10.6. The molecule has 2 atom stereocenters. The predicted octanol–water partition coefficient (Wildman–Crippen LogP) is 3.47. The summed E-state index contributed by atoms with van der Waals surface area (Å²) in [4.78, 5) is 2.33. The second kappa shape index (κ2) is 5.04. The van der Waals surface area contributed by atoms with Crippen molar-refractivity contribution in [3.05, 3.63) is 71.3 Å². The highest BCUT2D eigenvalue weighted by Crippen LogP contribution is 2.45. The molecule has 2 heteroatoms. The molecule has 2 unspecified atom stereocenters. The normalized spacial score (nSPS) is 24.9. The molecule has 0 saturated carbocycles. The van der Waals surface area contributed by atoms with Crippen LogP contribution in [0.3, 0.4) is 0 Å². The number of fused-ring (bicyclic) bond motifs is 1. The minimum absolute atomic E-state index is 0.279. The molecule has 0 aliphatic heterocycles. The summed E-state index contributed by atoms with van der Waals surface area (Å²) in [5.41, 5.74) is 2.92. The third kappa shape index (κ3) is 2.37. The summed E-state index contributed by atoms with van der Waals surface area (Å²) in [6, 6.07) is 19.0. The molecule has 1 N–H and O–H groups in total. The third-order valence-electron chi connectivity index (χ3n) is 4.30. The Morgan fingerprint density at radius 2 is 1.75 bits per heavy atom. The summed E-state index contributed by atoms with van der Waals surface area (Å²) in [5, 5.41) is 10.6. The number of nitrogens with zero attached hydrogens (tertiary/aromatic N) is 1. The van der Waals surface area contributed by atoms with Gasteiger partial charge in [0.2, 0.25) is 0 Å². The Balaban J connectivity index is 1.85. The molecule has 3 rings (SSSR count). The van der Waals surface area contributed by atoms with Crippen LogP contribution in [0.15, 0.2) is 54.6 Å². The summed E-state index contributed by atoms with van der Waals surface area (Å²) in [7, 11) is 2.13. The molecule has 0 bridgehead atoms. The molecule has 0 heterocycles. The molecule has 0 amide bonds. The largest absolute Gasteiger partial charge is 0.385 e. The van der Waals surface area contributed by atoms with Crippen LogP contribution in [0.25, 0.3) is 0 Å². The zero-order valence-electron chi connectivity index (χ0n) is 12.1. The lowest BCUT2D eigenvalue weighted by atomic mass is 9.99. The summed E-state index contributed by atoms with van der Waals surface area (Å²) in [6.45, 7) is 2.82. The number of aliphatic hydroxyl groups is 1. The summed E-state index contributed by atoms with van der Waals surface area (Å²) < 4.78 is 0. The molecule has 0 saturated heterocycles. The topological polar surface area (TPSA) is 23.5 Å². The van der Waals surface area contributed by atoms with Crippen LogP contribution in [-0.2, 0) is 12.1 Å². The van der Waals surface area contributed by atoms with E-state index >= 15 is 0 Å². The van der Waals surface area contributed by atoms with Crippen LogP contribution in [0.2, 0.25) is 0 Å². The van der Waals surface area contributed by atoms with Crippen molar-refractivity contribution in [3.8, 4) is 0 Å². The number of hydrogen-bond donors (Lipinski definition) is 1. The van der Waals surface area contributed by atoms with Gasteiger partial charge >= 0.3 is 0 Å². The van der Waals surface area contributed by atoms with Crippen molar-refractivity contribution in [1.82, 2.24) is 4.90 Å². The molecular weight excluding hydrogens is 246 g/mol. The van der Waals surface area contributed by atoms with Crippen molar-refractivity contribution in [2.45, 2.75) is 31.5 Å². The first-order chi connectivity index (χ1) is 9.58. The van der Waals surface area contributed by atoms with Crippen molar-refractivity contribution < 1.29 is 5.11 Å². The fourth-order valence-electron chi connectivity index (χ4n) is 3.25. The lowest BCUT2D eigenvalue weighted by Gasteiger charge is -2.26. The van der Waals surface area contributed by atoms with Crippen molar-refractivity contribution in [3.63, 3.8) is 0 Å². The standard InChI is InChI=1S/C18H21NO/c1-18(20)12-17(15-10-6-7-11-16(15)18)19(2)13-14-8-4-3-5-9-14/h3-11,17,20H,12-13H2,1-2H3. The molecule has 1 aliphatic rings. The highest BCUT2D eigenvalue weighted by atomic mass is 16.3. The average Bonchev–Trinajstić information content (AvgIpc) is 2.73. The second-order valence-electron chi connectivity index (χ2n) is 5.98. The van der Waals surface area contributed by atoms with Gasteiger partial charge in [-0.2, -0.15) is 0 Å². The van der Waals surface area contributed by atoms with Crippen LogP contribution < -0.4 is 0 Å². The monoisotopic (exact) mass is 267 g/mol. The zero-order valence-corrected chi connectivity index (χ0v) is 12.1. The highest BCUT2D eigenvalue weighted by Gasteiger charge is 2.39. The van der Waals surface area contributed by atoms with Crippen molar-refractivity contribution >= 4 is 0 Å². The van der Waals surface area contributed by atoms with Gasteiger partial charge in [0, 0.05) is 12.6 Å². The SMILES string of the molecule is CN(Cc1ccccc1)C1CC(C)(O)c2ccccc21. The van der Waals surface area contributed by atoms with E-state index in [-0.39, 0.29) is 6.04 Å². The van der Waals surface area contributed by atoms with E-state index < -0.39 is 5.60 Å². The van der Waals surface area contributed by atoms with E-state index in [9.17, 15) is 5.11 Å². The lowest BCUT2D eigenvalue weighted by Crippen LogP contribution is -2.25. The first-order valence-corrected chi connectivity index (χ1v) is 7.14. The Labute approximate surface area is 120 Å². The summed E-state index contributed by atoms with van der Waals surface area (Å²) in [6.07, 6.45) is 0.760. The fraction of sp³-hybridized carbons (Fsp3) is 0.333. The Morgan fingerprint density at radius 1 is 1.10 bits per heavy atom. The Bertz CT molecular complexity index is 591.